The topological polar surface area (TPSA) is 35.3 Å². The molecule has 0 spiro atoms. The van der Waals surface area contributed by atoms with Gasteiger partial charge < -0.3 is 9.15 Å². The second kappa shape index (κ2) is 5.62. The van der Waals surface area contributed by atoms with E-state index in [1.807, 2.05) is 37.3 Å². The zero-order chi connectivity index (χ0) is 14.8. The van der Waals surface area contributed by atoms with Gasteiger partial charge in [0.2, 0.25) is 5.89 Å². The molecule has 0 unspecified atom stereocenters. The Hall–Kier alpha value is -2.26. The van der Waals surface area contributed by atoms with Crippen LogP contribution in [0.2, 0.25) is 5.02 Å². The number of aromatic nitrogens is 1. The van der Waals surface area contributed by atoms with Crippen LogP contribution in [-0.4, -0.2) is 12.1 Å². The van der Waals surface area contributed by atoms with Gasteiger partial charge in [0.25, 0.3) is 0 Å². The zero-order valence-corrected chi connectivity index (χ0v) is 12.5. The summed E-state index contributed by atoms with van der Waals surface area (Å²) in [6.07, 6.45) is 3.80. The molecule has 0 aliphatic carbocycles. The number of aryl methyl sites for hydroxylation is 1. The van der Waals surface area contributed by atoms with Gasteiger partial charge in [0.1, 0.15) is 11.3 Å². The number of methoxy groups -OCH3 is 1. The molecule has 1 aromatic heterocycles. The molecule has 0 N–H and O–H groups in total. The maximum atomic E-state index is 5.94. The highest BCUT2D eigenvalue weighted by Crippen LogP contribution is 2.22. The molecule has 0 aliphatic heterocycles. The van der Waals surface area contributed by atoms with Gasteiger partial charge in [-0.15, -0.1) is 0 Å². The molecule has 0 fully saturated rings. The summed E-state index contributed by atoms with van der Waals surface area (Å²) in [5, 5.41) is 0.650. The first-order valence-corrected chi connectivity index (χ1v) is 6.92. The van der Waals surface area contributed by atoms with Gasteiger partial charge in [-0.2, -0.15) is 0 Å². The van der Waals surface area contributed by atoms with Crippen molar-refractivity contribution in [3.8, 4) is 5.75 Å². The Morgan fingerprint density at radius 3 is 2.76 bits per heavy atom. The van der Waals surface area contributed by atoms with Gasteiger partial charge in [0, 0.05) is 11.1 Å². The fourth-order valence-electron chi connectivity index (χ4n) is 2.16. The van der Waals surface area contributed by atoms with Gasteiger partial charge in [-0.25, -0.2) is 4.98 Å². The van der Waals surface area contributed by atoms with E-state index in [2.05, 4.69) is 11.1 Å². The lowest BCUT2D eigenvalue weighted by Crippen LogP contribution is -1.86. The quantitative estimate of drug-likeness (QED) is 0.685. The van der Waals surface area contributed by atoms with Crippen LogP contribution in [0.1, 0.15) is 17.0 Å². The number of ether oxygens (including phenoxy) is 1. The lowest BCUT2D eigenvalue weighted by molar-refractivity contribution is 0.411. The Bertz CT molecular complexity index is 821. The minimum Gasteiger partial charge on any atom is -0.496 e. The Kier molecular flexibility index (Phi) is 3.67. The summed E-state index contributed by atoms with van der Waals surface area (Å²) in [6.45, 7) is 2.01. The smallest absolute Gasteiger partial charge is 0.220 e. The van der Waals surface area contributed by atoms with E-state index >= 15 is 0 Å². The van der Waals surface area contributed by atoms with Crippen molar-refractivity contribution < 1.29 is 9.15 Å². The second-order valence-corrected chi connectivity index (χ2v) is 5.16. The SMILES string of the molecule is COc1ccc(/C=C/c2nc3cc(Cl)ccc3o2)cc1C. The fraction of sp³-hybridized carbons (Fsp3) is 0.118. The minimum absolute atomic E-state index is 0.556. The number of hydrogen-bond donors (Lipinski definition) is 0. The Labute approximate surface area is 127 Å². The first-order chi connectivity index (χ1) is 10.2. The molecule has 3 rings (SSSR count). The normalized spacial score (nSPS) is 11.4. The van der Waals surface area contributed by atoms with Crippen molar-refractivity contribution in [2.45, 2.75) is 6.92 Å². The lowest BCUT2D eigenvalue weighted by Gasteiger charge is -2.04. The van der Waals surface area contributed by atoms with Crippen LogP contribution >= 0.6 is 11.6 Å². The highest BCUT2D eigenvalue weighted by molar-refractivity contribution is 6.31. The van der Waals surface area contributed by atoms with Gasteiger partial charge in [0.05, 0.1) is 7.11 Å². The second-order valence-electron chi connectivity index (χ2n) is 4.73. The predicted molar refractivity (Wildman–Crippen MR) is 85.7 cm³/mol. The van der Waals surface area contributed by atoms with Gasteiger partial charge in [-0.3, -0.25) is 0 Å². The van der Waals surface area contributed by atoms with E-state index in [0.29, 0.717) is 10.9 Å². The van der Waals surface area contributed by atoms with Crippen molar-refractivity contribution in [3.63, 3.8) is 0 Å². The average molecular weight is 300 g/mol. The standard InChI is InChI=1S/C17H14ClNO2/c1-11-9-12(3-6-15(11)20-2)4-8-17-19-14-10-13(18)5-7-16(14)21-17/h3-10H,1-2H3/b8-4+. The summed E-state index contributed by atoms with van der Waals surface area (Å²) in [6, 6.07) is 11.4. The molecule has 0 saturated carbocycles. The molecule has 0 radical (unpaired) electrons. The third-order valence-corrected chi connectivity index (χ3v) is 3.44. The van der Waals surface area contributed by atoms with E-state index in [1.165, 1.54) is 0 Å². The van der Waals surface area contributed by atoms with E-state index in [9.17, 15) is 0 Å². The third-order valence-electron chi connectivity index (χ3n) is 3.20. The van der Waals surface area contributed by atoms with Crippen LogP contribution in [0.15, 0.2) is 40.8 Å². The lowest BCUT2D eigenvalue weighted by atomic mass is 10.1. The summed E-state index contributed by atoms with van der Waals surface area (Å²) in [4.78, 5) is 4.38. The van der Waals surface area contributed by atoms with Crippen molar-refractivity contribution in [2.75, 3.05) is 7.11 Å². The highest BCUT2D eigenvalue weighted by Gasteiger charge is 2.03. The number of oxazole rings is 1. The van der Waals surface area contributed by atoms with E-state index in [1.54, 1.807) is 19.2 Å². The van der Waals surface area contributed by atoms with Crippen LogP contribution in [0, 0.1) is 6.92 Å². The number of hydrogen-bond acceptors (Lipinski definition) is 3. The number of rotatable bonds is 3. The minimum atomic E-state index is 0.556. The van der Waals surface area contributed by atoms with Crippen LogP contribution < -0.4 is 4.74 Å². The molecular weight excluding hydrogens is 286 g/mol. The van der Waals surface area contributed by atoms with Crippen LogP contribution in [-0.2, 0) is 0 Å². The van der Waals surface area contributed by atoms with Gasteiger partial charge >= 0.3 is 0 Å². The zero-order valence-electron chi connectivity index (χ0n) is 11.8. The maximum Gasteiger partial charge on any atom is 0.220 e. The van der Waals surface area contributed by atoms with Gasteiger partial charge in [-0.05, 0) is 54.5 Å². The molecule has 3 aromatic rings. The molecule has 1 heterocycles. The molecule has 0 atom stereocenters. The molecule has 0 saturated heterocycles. The van der Waals surface area contributed by atoms with E-state index in [4.69, 9.17) is 20.8 Å². The van der Waals surface area contributed by atoms with Crippen molar-refractivity contribution in [3.05, 3.63) is 58.4 Å². The van der Waals surface area contributed by atoms with Crippen molar-refractivity contribution >= 4 is 34.9 Å². The highest BCUT2D eigenvalue weighted by atomic mass is 35.5. The molecule has 3 nitrogen and oxygen atoms in total. The number of halogens is 1. The molecule has 0 aliphatic rings. The van der Waals surface area contributed by atoms with Crippen LogP contribution in [0.3, 0.4) is 0 Å². The van der Waals surface area contributed by atoms with E-state index in [0.717, 1.165) is 28.0 Å². The van der Waals surface area contributed by atoms with Crippen LogP contribution in [0.4, 0.5) is 0 Å². The summed E-state index contributed by atoms with van der Waals surface area (Å²) in [7, 11) is 1.67. The molecule has 4 heteroatoms. The van der Waals surface area contributed by atoms with Crippen molar-refractivity contribution in [1.82, 2.24) is 4.98 Å². The van der Waals surface area contributed by atoms with Crippen molar-refractivity contribution in [1.29, 1.82) is 0 Å². The molecule has 0 amide bonds. The van der Waals surface area contributed by atoms with Crippen LogP contribution in [0.25, 0.3) is 23.3 Å². The summed E-state index contributed by atoms with van der Waals surface area (Å²) in [5.74, 6) is 1.43. The molecule has 106 valence electrons. The molecule has 2 aromatic carbocycles. The predicted octanol–water partition coefficient (Wildman–Crippen LogP) is 4.97. The first-order valence-electron chi connectivity index (χ1n) is 6.54. The number of nitrogens with zero attached hydrogens (tertiary/aromatic N) is 1. The Balaban J connectivity index is 1.88. The fourth-order valence-corrected chi connectivity index (χ4v) is 2.33. The van der Waals surface area contributed by atoms with Crippen LogP contribution in [0.5, 0.6) is 5.75 Å². The maximum absolute atomic E-state index is 5.94. The monoisotopic (exact) mass is 299 g/mol. The third kappa shape index (κ3) is 2.93. The molecular formula is C17H14ClNO2. The molecule has 21 heavy (non-hydrogen) atoms. The summed E-state index contributed by atoms with van der Waals surface area (Å²) < 4.78 is 10.9. The number of benzene rings is 2. The largest absolute Gasteiger partial charge is 0.496 e. The number of fused-ring (bicyclic) bond motifs is 1. The van der Waals surface area contributed by atoms with Crippen molar-refractivity contribution in [2.24, 2.45) is 0 Å². The van der Waals surface area contributed by atoms with Gasteiger partial charge in [-0.1, -0.05) is 17.7 Å². The molecule has 0 bridgehead atoms. The van der Waals surface area contributed by atoms with E-state index in [-0.39, 0.29) is 0 Å². The first kappa shape index (κ1) is 13.7. The van der Waals surface area contributed by atoms with E-state index < -0.39 is 0 Å². The average Bonchev–Trinajstić information content (AvgIpc) is 2.87. The Morgan fingerprint density at radius 2 is 2.00 bits per heavy atom. The van der Waals surface area contributed by atoms with Gasteiger partial charge in [0.15, 0.2) is 5.58 Å². The Morgan fingerprint density at radius 1 is 1.14 bits per heavy atom. The summed E-state index contributed by atoms with van der Waals surface area (Å²) >= 11 is 5.94. The summed E-state index contributed by atoms with van der Waals surface area (Å²) in [5.41, 5.74) is 3.63.